The number of aryl methyl sites for hydroxylation is 1. The lowest BCUT2D eigenvalue weighted by Gasteiger charge is -1.99. The first-order chi connectivity index (χ1) is 8.46. The van der Waals surface area contributed by atoms with Crippen LogP contribution in [0.2, 0.25) is 0 Å². The molecule has 0 aliphatic carbocycles. The normalized spacial score (nSPS) is 11.6. The molecule has 2 heterocycles. The predicted molar refractivity (Wildman–Crippen MR) is 69.6 cm³/mol. The van der Waals surface area contributed by atoms with Gasteiger partial charge in [-0.25, -0.2) is 8.42 Å². The Kier molecular flexibility index (Phi) is 3.33. The van der Waals surface area contributed by atoms with Crippen molar-refractivity contribution in [1.82, 2.24) is 14.8 Å². The number of anilines is 1. The van der Waals surface area contributed by atoms with E-state index >= 15 is 0 Å². The van der Waals surface area contributed by atoms with E-state index in [4.69, 9.17) is 5.73 Å². The first-order valence-corrected chi connectivity index (χ1v) is 7.44. The first-order valence-electron chi connectivity index (χ1n) is 5.38. The highest BCUT2D eigenvalue weighted by Crippen LogP contribution is 2.21. The van der Waals surface area contributed by atoms with Crippen LogP contribution >= 0.6 is 0 Å². The molecule has 0 aliphatic heterocycles. The zero-order valence-corrected chi connectivity index (χ0v) is 10.8. The van der Waals surface area contributed by atoms with E-state index in [0.29, 0.717) is 17.1 Å². The quantitative estimate of drug-likeness (QED) is 0.873. The third-order valence-corrected chi connectivity index (χ3v) is 3.31. The lowest BCUT2D eigenvalue weighted by atomic mass is 10.2. The van der Waals surface area contributed by atoms with Gasteiger partial charge in [-0.15, -0.1) is 0 Å². The van der Waals surface area contributed by atoms with Crippen LogP contribution in [0.1, 0.15) is 0 Å². The van der Waals surface area contributed by atoms with E-state index in [1.165, 1.54) is 10.9 Å². The first kappa shape index (κ1) is 12.6. The van der Waals surface area contributed by atoms with E-state index in [0.717, 1.165) is 0 Å². The monoisotopic (exact) mass is 266 g/mol. The molecule has 7 heteroatoms. The number of nitrogens with zero attached hydrogens (tertiary/aromatic N) is 3. The molecule has 2 aromatic heterocycles. The summed E-state index contributed by atoms with van der Waals surface area (Å²) >= 11 is 0. The van der Waals surface area contributed by atoms with Crippen molar-refractivity contribution in [2.75, 3.05) is 17.7 Å². The van der Waals surface area contributed by atoms with Gasteiger partial charge < -0.3 is 5.73 Å². The molecule has 0 aliphatic rings. The van der Waals surface area contributed by atoms with Gasteiger partial charge in [0, 0.05) is 18.6 Å². The topological polar surface area (TPSA) is 90.9 Å². The van der Waals surface area contributed by atoms with E-state index in [-0.39, 0.29) is 12.3 Å². The third kappa shape index (κ3) is 3.07. The fourth-order valence-electron chi connectivity index (χ4n) is 1.51. The zero-order valence-electron chi connectivity index (χ0n) is 9.94. The lowest BCUT2D eigenvalue weighted by molar-refractivity contribution is 0.586. The molecule has 0 saturated carbocycles. The maximum absolute atomic E-state index is 11.1. The molecule has 2 N–H and O–H groups in total. The van der Waals surface area contributed by atoms with Crippen molar-refractivity contribution in [1.29, 1.82) is 0 Å². The Balaban J connectivity index is 2.23. The van der Waals surface area contributed by atoms with Crippen LogP contribution in [0.3, 0.4) is 0 Å². The number of hydrogen-bond donors (Lipinski definition) is 1. The molecule has 0 fully saturated rings. The van der Waals surface area contributed by atoms with Crippen LogP contribution in [0, 0.1) is 0 Å². The van der Waals surface area contributed by atoms with Gasteiger partial charge in [0.05, 0.1) is 23.7 Å². The van der Waals surface area contributed by atoms with Crippen molar-refractivity contribution in [3.63, 3.8) is 0 Å². The fourth-order valence-corrected chi connectivity index (χ4v) is 2.03. The smallest absolute Gasteiger partial charge is 0.149 e. The third-order valence-electron chi connectivity index (χ3n) is 2.39. The molecule has 0 atom stereocenters. The van der Waals surface area contributed by atoms with Crippen LogP contribution in [-0.4, -0.2) is 35.2 Å². The molecular formula is C11H14N4O2S. The van der Waals surface area contributed by atoms with Gasteiger partial charge in [0.25, 0.3) is 0 Å². The average Bonchev–Trinajstić information content (AvgIpc) is 2.68. The van der Waals surface area contributed by atoms with Crippen molar-refractivity contribution in [2.24, 2.45) is 0 Å². The van der Waals surface area contributed by atoms with Crippen LogP contribution in [0.15, 0.2) is 30.6 Å². The van der Waals surface area contributed by atoms with E-state index < -0.39 is 9.84 Å². The second-order valence-corrected chi connectivity index (χ2v) is 6.30. The van der Waals surface area contributed by atoms with E-state index in [1.54, 1.807) is 24.5 Å². The summed E-state index contributed by atoms with van der Waals surface area (Å²) < 4.78 is 23.7. The minimum Gasteiger partial charge on any atom is -0.396 e. The number of sulfone groups is 1. The van der Waals surface area contributed by atoms with Gasteiger partial charge in [-0.1, -0.05) is 6.07 Å². The molecule has 2 aromatic rings. The van der Waals surface area contributed by atoms with Crippen molar-refractivity contribution in [3.05, 3.63) is 30.6 Å². The molecule has 2 rings (SSSR count). The van der Waals surface area contributed by atoms with E-state index in [9.17, 15) is 8.42 Å². The summed E-state index contributed by atoms with van der Waals surface area (Å²) in [5.41, 5.74) is 7.58. The number of aromatic nitrogens is 3. The van der Waals surface area contributed by atoms with Crippen molar-refractivity contribution < 1.29 is 8.42 Å². The Hall–Kier alpha value is -1.89. The highest BCUT2D eigenvalue weighted by Gasteiger charge is 2.10. The van der Waals surface area contributed by atoms with E-state index in [2.05, 4.69) is 10.1 Å². The summed E-state index contributed by atoms with van der Waals surface area (Å²) in [4.78, 5) is 4.16. The Labute approximate surface area is 105 Å². The number of rotatable bonds is 4. The molecule has 0 amide bonds. The second-order valence-electron chi connectivity index (χ2n) is 4.04. The maximum atomic E-state index is 11.1. The minimum absolute atomic E-state index is 0.0375. The molecule has 0 radical (unpaired) electrons. The summed E-state index contributed by atoms with van der Waals surface area (Å²) in [6.45, 7) is 0.288. The predicted octanol–water partition coefficient (Wildman–Crippen LogP) is 0.572. The van der Waals surface area contributed by atoms with Gasteiger partial charge in [0.1, 0.15) is 15.5 Å². The second kappa shape index (κ2) is 4.77. The zero-order chi connectivity index (χ0) is 13.2. The van der Waals surface area contributed by atoms with Crippen LogP contribution < -0.4 is 5.73 Å². The van der Waals surface area contributed by atoms with Crippen LogP contribution in [-0.2, 0) is 16.4 Å². The van der Waals surface area contributed by atoms with Crippen LogP contribution in [0.4, 0.5) is 5.69 Å². The summed E-state index contributed by atoms with van der Waals surface area (Å²) in [6.07, 6.45) is 4.47. The molecule has 18 heavy (non-hydrogen) atoms. The summed E-state index contributed by atoms with van der Waals surface area (Å²) in [5, 5.41) is 4.25. The lowest BCUT2D eigenvalue weighted by Crippen LogP contribution is -2.11. The van der Waals surface area contributed by atoms with Crippen molar-refractivity contribution in [3.8, 4) is 11.4 Å². The number of nitrogens with two attached hydrogens (primary N) is 1. The Morgan fingerprint density at radius 2 is 2.17 bits per heavy atom. The van der Waals surface area contributed by atoms with Crippen LogP contribution in [0.25, 0.3) is 11.4 Å². The highest BCUT2D eigenvalue weighted by atomic mass is 32.2. The Morgan fingerprint density at radius 3 is 2.78 bits per heavy atom. The number of pyridine rings is 1. The molecule has 96 valence electrons. The van der Waals surface area contributed by atoms with Gasteiger partial charge in [-0.2, -0.15) is 5.10 Å². The molecule has 0 unspecified atom stereocenters. The molecule has 0 bridgehead atoms. The Bertz CT molecular complexity index is 634. The summed E-state index contributed by atoms with van der Waals surface area (Å²) in [7, 11) is -3.01. The summed E-state index contributed by atoms with van der Waals surface area (Å²) in [6, 6.07) is 5.46. The standard InChI is InChI=1S/C11H14N4O2S/c1-18(16,17)7-6-15-8-9(12)11(14-15)10-4-2-3-5-13-10/h2-5,8H,6-7,12H2,1H3. The maximum Gasteiger partial charge on any atom is 0.149 e. The average molecular weight is 266 g/mol. The summed E-state index contributed by atoms with van der Waals surface area (Å²) in [5.74, 6) is 0.0375. The van der Waals surface area contributed by atoms with Crippen molar-refractivity contribution in [2.45, 2.75) is 6.54 Å². The molecule has 0 saturated heterocycles. The van der Waals surface area contributed by atoms with Crippen molar-refractivity contribution >= 4 is 15.5 Å². The Morgan fingerprint density at radius 1 is 1.39 bits per heavy atom. The highest BCUT2D eigenvalue weighted by molar-refractivity contribution is 7.90. The van der Waals surface area contributed by atoms with Gasteiger partial charge in [0.2, 0.25) is 0 Å². The van der Waals surface area contributed by atoms with Gasteiger partial charge in [0.15, 0.2) is 0 Å². The molecule has 0 spiro atoms. The van der Waals surface area contributed by atoms with Gasteiger partial charge >= 0.3 is 0 Å². The van der Waals surface area contributed by atoms with Crippen LogP contribution in [0.5, 0.6) is 0 Å². The largest absolute Gasteiger partial charge is 0.396 e. The molecular weight excluding hydrogens is 252 g/mol. The number of hydrogen-bond acceptors (Lipinski definition) is 5. The molecule has 0 aromatic carbocycles. The fraction of sp³-hybridized carbons (Fsp3) is 0.273. The van der Waals surface area contributed by atoms with E-state index in [1.807, 2.05) is 6.07 Å². The number of nitrogen functional groups attached to an aromatic ring is 1. The SMILES string of the molecule is CS(=O)(=O)CCn1cc(N)c(-c2ccccn2)n1. The van der Waals surface area contributed by atoms with Gasteiger partial charge in [-0.3, -0.25) is 9.67 Å². The minimum atomic E-state index is -3.01. The molecule has 6 nitrogen and oxygen atoms in total. The van der Waals surface area contributed by atoms with Gasteiger partial charge in [-0.05, 0) is 12.1 Å².